The van der Waals surface area contributed by atoms with Crippen LogP contribution in [0.15, 0.2) is 67.0 Å². The molecule has 0 spiro atoms. The Bertz CT molecular complexity index is 2030. The van der Waals surface area contributed by atoms with E-state index in [4.69, 9.17) is 10.1 Å². The first-order valence-corrected chi connectivity index (χ1v) is 17.3. The van der Waals surface area contributed by atoms with Gasteiger partial charge in [0.2, 0.25) is 0 Å². The van der Waals surface area contributed by atoms with Crippen LogP contribution < -0.4 is 15.5 Å². The van der Waals surface area contributed by atoms with Gasteiger partial charge in [-0.05, 0) is 90.8 Å². The second kappa shape index (κ2) is 13.3. The van der Waals surface area contributed by atoms with E-state index < -0.39 is 0 Å². The number of aliphatic hydroxyl groups is 2. The maximum Gasteiger partial charge on any atom is 0.278 e. The molecule has 6 heterocycles. The van der Waals surface area contributed by atoms with E-state index >= 15 is 0 Å². The Morgan fingerprint density at radius 2 is 1.90 bits per heavy atom. The molecule has 3 aliphatic rings. The number of hydrogen-bond acceptors (Lipinski definition) is 9. The predicted molar refractivity (Wildman–Crippen MR) is 190 cm³/mol. The summed E-state index contributed by atoms with van der Waals surface area (Å²) in [5.41, 5.74) is 9.75. The van der Waals surface area contributed by atoms with E-state index in [2.05, 4.69) is 57.8 Å². The highest BCUT2D eigenvalue weighted by Gasteiger charge is 2.31. The molecule has 8 rings (SSSR count). The smallest absolute Gasteiger partial charge is 0.278 e. The fourth-order valence-corrected chi connectivity index (χ4v) is 7.76. The Kier molecular flexibility index (Phi) is 8.58. The van der Waals surface area contributed by atoms with Crippen LogP contribution in [0.1, 0.15) is 58.2 Å². The minimum atomic E-state index is -0.242. The molecule has 2 aromatic carbocycles. The number of benzene rings is 2. The second-order valence-corrected chi connectivity index (χ2v) is 13.4. The van der Waals surface area contributed by atoms with Crippen LogP contribution in [0.5, 0.6) is 0 Å². The number of likely N-dealkylation sites (tertiary alicyclic amines) is 1. The van der Waals surface area contributed by atoms with Crippen LogP contribution in [-0.4, -0.2) is 79.7 Å². The third kappa shape index (κ3) is 6.08. The molecule has 11 nitrogen and oxygen atoms in total. The zero-order valence-corrected chi connectivity index (χ0v) is 27.8. The van der Waals surface area contributed by atoms with E-state index in [1.807, 2.05) is 46.2 Å². The van der Waals surface area contributed by atoms with Crippen LogP contribution in [-0.2, 0) is 19.5 Å². The molecule has 11 heteroatoms. The summed E-state index contributed by atoms with van der Waals surface area (Å²) in [4.78, 5) is 27.5. The van der Waals surface area contributed by atoms with Gasteiger partial charge in [-0.25, -0.2) is 4.98 Å². The largest absolute Gasteiger partial charge is 0.395 e. The SMILES string of the molecule is Cc1c(Nc2nccc3cc(CN4CC[C@@H](O)C4)cnc23)cccc1-c1cccc2c1CCN2C(=O)c1cc2n(n1)CCCC2NCCO. The molecule has 0 radical (unpaired) electrons. The summed E-state index contributed by atoms with van der Waals surface area (Å²) >= 11 is 0. The number of hydrogen-bond donors (Lipinski definition) is 4. The topological polar surface area (TPSA) is 132 Å². The zero-order valence-electron chi connectivity index (χ0n) is 27.8. The highest BCUT2D eigenvalue weighted by molar-refractivity contribution is 6.07. The number of anilines is 3. The Balaban J connectivity index is 1.04. The number of β-amino-alcohol motifs (C(OH)–C–C–N with tert-alkyl or cyclic N) is 1. The lowest BCUT2D eigenvalue weighted by Crippen LogP contribution is -2.30. The van der Waals surface area contributed by atoms with Crippen LogP contribution in [0.25, 0.3) is 22.0 Å². The molecular formula is C38H42N8O3. The highest BCUT2D eigenvalue weighted by Crippen LogP contribution is 2.40. The average Bonchev–Trinajstić information content (AvgIpc) is 3.86. The molecule has 49 heavy (non-hydrogen) atoms. The van der Waals surface area contributed by atoms with Crippen molar-refractivity contribution in [2.24, 2.45) is 0 Å². The van der Waals surface area contributed by atoms with Gasteiger partial charge in [-0.1, -0.05) is 24.3 Å². The number of amides is 1. The molecule has 0 bridgehead atoms. The quantitative estimate of drug-likeness (QED) is 0.178. The van der Waals surface area contributed by atoms with Crippen LogP contribution in [0.3, 0.4) is 0 Å². The Labute approximate surface area is 285 Å². The van der Waals surface area contributed by atoms with E-state index in [0.29, 0.717) is 31.1 Å². The van der Waals surface area contributed by atoms with Gasteiger partial charge in [0.05, 0.1) is 18.4 Å². The lowest BCUT2D eigenvalue weighted by Gasteiger charge is -2.24. The van der Waals surface area contributed by atoms with Crippen LogP contribution in [0.2, 0.25) is 0 Å². The molecule has 252 valence electrons. The standard InChI is InChI=1S/C38H42N8O3/c1-24-28(5-2-7-31(24)42-37-36-26(10-13-40-37)19-25(21-41-36)22-44-16-11-27(48)23-44)29-6-3-9-34-30(29)12-17-45(34)38(49)33-20-35-32(39-14-18-47)8-4-15-46(35)43-33/h2-3,5-7,9-10,13,19-21,27,32,39,47-48H,4,8,11-12,14-18,22-23H2,1H3,(H,40,42)/t27-,32?/m1/s1. The van der Waals surface area contributed by atoms with E-state index in [-0.39, 0.29) is 24.7 Å². The van der Waals surface area contributed by atoms with Gasteiger partial charge < -0.3 is 25.7 Å². The number of rotatable bonds is 9. The number of fused-ring (bicyclic) bond motifs is 3. The molecule has 1 fully saturated rings. The number of aromatic nitrogens is 4. The molecular weight excluding hydrogens is 616 g/mol. The summed E-state index contributed by atoms with van der Waals surface area (Å²) in [6, 6.07) is 18.6. The van der Waals surface area contributed by atoms with Crippen molar-refractivity contribution in [2.45, 2.75) is 57.8 Å². The second-order valence-electron chi connectivity index (χ2n) is 13.4. The molecule has 0 saturated carbocycles. The molecule has 1 saturated heterocycles. The summed E-state index contributed by atoms with van der Waals surface area (Å²) in [7, 11) is 0. The minimum Gasteiger partial charge on any atom is -0.395 e. The first-order chi connectivity index (χ1) is 24.0. The van der Waals surface area contributed by atoms with Gasteiger partial charge in [0.25, 0.3) is 5.91 Å². The number of nitrogens with zero attached hydrogens (tertiary/aromatic N) is 6. The van der Waals surface area contributed by atoms with Crippen molar-refractivity contribution in [1.29, 1.82) is 0 Å². The Morgan fingerprint density at radius 3 is 2.76 bits per heavy atom. The maximum absolute atomic E-state index is 13.9. The van der Waals surface area contributed by atoms with Gasteiger partial charge in [0.15, 0.2) is 11.5 Å². The Morgan fingerprint density at radius 1 is 1.02 bits per heavy atom. The van der Waals surface area contributed by atoms with Crippen molar-refractivity contribution in [1.82, 2.24) is 30.0 Å². The predicted octanol–water partition coefficient (Wildman–Crippen LogP) is 4.73. The number of nitrogens with one attached hydrogen (secondary N) is 2. The van der Waals surface area contributed by atoms with Gasteiger partial charge >= 0.3 is 0 Å². The number of carbonyl (C=O) groups excluding carboxylic acids is 1. The number of aryl methyl sites for hydroxylation is 1. The van der Waals surface area contributed by atoms with E-state index in [1.165, 1.54) is 0 Å². The monoisotopic (exact) mass is 658 g/mol. The van der Waals surface area contributed by atoms with Gasteiger partial charge in [0, 0.05) is 74.5 Å². The first kappa shape index (κ1) is 31.6. The minimum absolute atomic E-state index is 0.0758. The zero-order chi connectivity index (χ0) is 33.5. The third-order valence-electron chi connectivity index (χ3n) is 10.2. The number of pyridine rings is 2. The normalized spacial score (nSPS) is 19.0. The molecule has 1 unspecified atom stereocenters. The molecule has 2 atom stereocenters. The molecule has 3 aliphatic heterocycles. The van der Waals surface area contributed by atoms with Gasteiger partial charge in [-0.3, -0.25) is 19.4 Å². The maximum atomic E-state index is 13.9. The van der Waals surface area contributed by atoms with E-state index in [1.54, 1.807) is 0 Å². The summed E-state index contributed by atoms with van der Waals surface area (Å²) in [5, 5.41) is 31.9. The van der Waals surface area contributed by atoms with Crippen LogP contribution >= 0.6 is 0 Å². The van der Waals surface area contributed by atoms with E-state index in [0.717, 1.165) is 101 Å². The molecule has 5 aromatic rings. The summed E-state index contributed by atoms with van der Waals surface area (Å²) in [6.07, 6.45) is 7.00. The molecule has 1 amide bonds. The third-order valence-corrected chi connectivity index (χ3v) is 10.2. The van der Waals surface area contributed by atoms with Crippen molar-refractivity contribution in [2.75, 3.05) is 43.0 Å². The van der Waals surface area contributed by atoms with Crippen molar-refractivity contribution in [3.05, 3.63) is 95.1 Å². The molecule has 3 aromatic heterocycles. The summed E-state index contributed by atoms with van der Waals surface area (Å²) in [6.45, 7) is 6.47. The molecule has 0 aliphatic carbocycles. The number of carbonyl (C=O) groups is 1. The van der Waals surface area contributed by atoms with Gasteiger partial charge in [-0.2, -0.15) is 5.10 Å². The average molecular weight is 659 g/mol. The lowest BCUT2D eigenvalue weighted by atomic mass is 9.93. The molecule has 4 N–H and O–H groups in total. The first-order valence-electron chi connectivity index (χ1n) is 17.3. The number of aliphatic hydroxyl groups excluding tert-OH is 2. The highest BCUT2D eigenvalue weighted by atomic mass is 16.3. The fourth-order valence-electron chi connectivity index (χ4n) is 7.76. The van der Waals surface area contributed by atoms with Crippen LogP contribution in [0.4, 0.5) is 17.2 Å². The summed E-state index contributed by atoms with van der Waals surface area (Å²) in [5.74, 6) is 0.620. The lowest BCUT2D eigenvalue weighted by molar-refractivity contribution is 0.0983. The van der Waals surface area contributed by atoms with E-state index in [9.17, 15) is 15.0 Å². The van der Waals surface area contributed by atoms with Crippen LogP contribution in [0, 0.1) is 6.92 Å². The van der Waals surface area contributed by atoms with Gasteiger partial charge in [-0.15, -0.1) is 0 Å². The van der Waals surface area contributed by atoms with Gasteiger partial charge in [0.1, 0.15) is 5.52 Å². The van der Waals surface area contributed by atoms with Crippen molar-refractivity contribution < 1.29 is 15.0 Å². The summed E-state index contributed by atoms with van der Waals surface area (Å²) < 4.78 is 1.95. The Hall–Kier alpha value is -4.68. The fraction of sp³-hybridized carbons (Fsp3) is 0.368. The van der Waals surface area contributed by atoms with Crippen molar-refractivity contribution in [3.63, 3.8) is 0 Å². The van der Waals surface area contributed by atoms with Crippen molar-refractivity contribution >= 4 is 34.0 Å². The van der Waals surface area contributed by atoms with Crippen molar-refractivity contribution in [3.8, 4) is 11.1 Å².